The first kappa shape index (κ1) is 14.8. The van der Waals surface area contributed by atoms with E-state index in [0.717, 1.165) is 15.9 Å². The summed E-state index contributed by atoms with van der Waals surface area (Å²) in [6, 6.07) is 5.47. The fraction of sp³-hybridized carbons (Fsp3) is 0.417. The smallest absolute Gasteiger partial charge is 0.308 e. The fourth-order valence-corrected chi connectivity index (χ4v) is 1.90. The van der Waals surface area contributed by atoms with E-state index in [1.165, 1.54) is 7.11 Å². The summed E-state index contributed by atoms with van der Waals surface area (Å²) in [5.41, 5.74) is 0.826. The second kappa shape index (κ2) is 7.23. The molecule has 1 atom stereocenters. The van der Waals surface area contributed by atoms with Crippen molar-refractivity contribution in [3.05, 3.63) is 22.7 Å². The molecule has 0 heterocycles. The molecule has 1 rings (SSSR count). The summed E-state index contributed by atoms with van der Waals surface area (Å²) in [6.07, 6.45) is -0.806. The van der Waals surface area contributed by atoms with Crippen LogP contribution < -0.4 is 10.1 Å². The van der Waals surface area contributed by atoms with Gasteiger partial charge in [0.05, 0.1) is 31.2 Å². The number of benzene rings is 1. The standard InChI is InChI=1S/C12H16BrNO4/c1-17-11-4-3-8(5-10(11)13)14-7-9(15)6-12(16)18-2/h3-5,9,14-15H,6-7H2,1-2H3. The zero-order valence-corrected chi connectivity index (χ0v) is 11.9. The number of hydrogen-bond acceptors (Lipinski definition) is 5. The Balaban J connectivity index is 2.48. The van der Waals surface area contributed by atoms with Crippen LogP contribution in [0.5, 0.6) is 5.75 Å². The molecule has 0 amide bonds. The largest absolute Gasteiger partial charge is 0.496 e. The summed E-state index contributed by atoms with van der Waals surface area (Å²) in [7, 11) is 2.89. The van der Waals surface area contributed by atoms with E-state index in [4.69, 9.17) is 4.74 Å². The zero-order valence-electron chi connectivity index (χ0n) is 10.3. The Bertz CT molecular complexity index is 411. The van der Waals surface area contributed by atoms with Gasteiger partial charge >= 0.3 is 5.97 Å². The third-order valence-electron chi connectivity index (χ3n) is 2.32. The van der Waals surface area contributed by atoms with Crippen molar-refractivity contribution in [1.29, 1.82) is 0 Å². The van der Waals surface area contributed by atoms with Crippen molar-refractivity contribution < 1.29 is 19.4 Å². The molecule has 1 aromatic carbocycles. The zero-order chi connectivity index (χ0) is 13.5. The number of carbonyl (C=O) groups excluding carboxylic acids is 1. The Hall–Kier alpha value is -1.27. The van der Waals surface area contributed by atoms with Gasteiger partial charge in [-0.3, -0.25) is 4.79 Å². The van der Waals surface area contributed by atoms with Crippen molar-refractivity contribution in [3.8, 4) is 5.75 Å². The lowest BCUT2D eigenvalue weighted by Gasteiger charge is -2.12. The van der Waals surface area contributed by atoms with Crippen LogP contribution in [-0.2, 0) is 9.53 Å². The van der Waals surface area contributed by atoms with Gasteiger partial charge in [0.25, 0.3) is 0 Å². The molecule has 18 heavy (non-hydrogen) atoms. The molecule has 2 N–H and O–H groups in total. The predicted octanol–water partition coefficient (Wildman–Crippen LogP) is 1.79. The van der Waals surface area contributed by atoms with Gasteiger partial charge in [-0.2, -0.15) is 0 Å². The topological polar surface area (TPSA) is 67.8 Å². The van der Waals surface area contributed by atoms with Crippen LogP contribution in [0, 0.1) is 0 Å². The van der Waals surface area contributed by atoms with Gasteiger partial charge in [0.2, 0.25) is 0 Å². The van der Waals surface area contributed by atoms with Crippen LogP contribution in [0.25, 0.3) is 0 Å². The first-order valence-corrected chi connectivity index (χ1v) is 6.18. The van der Waals surface area contributed by atoms with Gasteiger partial charge in [-0.15, -0.1) is 0 Å². The summed E-state index contributed by atoms with van der Waals surface area (Å²) in [5, 5.41) is 12.6. The molecule has 1 aromatic rings. The van der Waals surface area contributed by atoms with Crippen molar-refractivity contribution >= 4 is 27.6 Å². The van der Waals surface area contributed by atoms with Crippen LogP contribution in [0.15, 0.2) is 22.7 Å². The summed E-state index contributed by atoms with van der Waals surface area (Å²) in [6.45, 7) is 0.272. The molecule has 0 radical (unpaired) electrons. The van der Waals surface area contributed by atoms with Crippen molar-refractivity contribution in [3.63, 3.8) is 0 Å². The number of hydrogen-bond donors (Lipinski definition) is 2. The molecule has 0 bridgehead atoms. The Morgan fingerprint density at radius 3 is 2.78 bits per heavy atom. The van der Waals surface area contributed by atoms with E-state index in [2.05, 4.69) is 26.0 Å². The molecule has 0 saturated carbocycles. The number of ether oxygens (including phenoxy) is 2. The lowest BCUT2D eigenvalue weighted by Crippen LogP contribution is -2.23. The van der Waals surface area contributed by atoms with E-state index in [9.17, 15) is 9.90 Å². The number of anilines is 1. The molecule has 0 aliphatic heterocycles. The minimum atomic E-state index is -0.779. The maximum absolute atomic E-state index is 10.9. The SMILES string of the molecule is COC(=O)CC(O)CNc1ccc(OC)c(Br)c1. The fourth-order valence-electron chi connectivity index (χ4n) is 1.36. The number of carbonyl (C=O) groups is 1. The highest BCUT2D eigenvalue weighted by molar-refractivity contribution is 9.10. The molecule has 0 aliphatic rings. The highest BCUT2D eigenvalue weighted by Gasteiger charge is 2.10. The lowest BCUT2D eigenvalue weighted by molar-refractivity contribution is -0.142. The first-order chi connectivity index (χ1) is 8.56. The monoisotopic (exact) mass is 317 g/mol. The highest BCUT2D eigenvalue weighted by atomic mass is 79.9. The van der Waals surface area contributed by atoms with E-state index < -0.39 is 12.1 Å². The van der Waals surface area contributed by atoms with Gasteiger partial charge in [0.1, 0.15) is 5.75 Å². The molecule has 0 spiro atoms. The van der Waals surface area contributed by atoms with Crippen LogP contribution in [0.3, 0.4) is 0 Å². The number of esters is 1. The average molecular weight is 318 g/mol. The average Bonchev–Trinajstić information content (AvgIpc) is 2.36. The van der Waals surface area contributed by atoms with Crippen LogP contribution in [0.4, 0.5) is 5.69 Å². The quantitative estimate of drug-likeness (QED) is 0.783. The van der Waals surface area contributed by atoms with Gasteiger partial charge in [-0.1, -0.05) is 0 Å². The number of rotatable bonds is 6. The van der Waals surface area contributed by atoms with E-state index in [1.807, 2.05) is 12.1 Å². The maximum Gasteiger partial charge on any atom is 0.308 e. The highest BCUT2D eigenvalue weighted by Crippen LogP contribution is 2.27. The molecule has 0 fully saturated rings. The molecule has 100 valence electrons. The molecule has 6 heteroatoms. The normalized spacial score (nSPS) is 11.8. The van der Waals surface area contributed by atoms with Crippen molar-refractivity contribution in [2.24, 2.45) is 0 Å². The van der Waals surface area contributed by atoms with Crippen LogP contribution in [-0.4, -0.2) is 37.9 Å². The molecule has 1 unspecified atom stereocenters. The number of methoxy groups -OCH3 is 2. The molecule has 0 saturated heterocycles. The van der Waals surface area contributed by atoms with Crippen LogP contribution >= 0.6 is 15.9 Å². The minimum Gasteiger partial charge on any atom is -0.496 e. The Labute approximate surface area is 114 Å². The summed E-state index contributed by atoms with van der Waals surface area (Å²) < 4.78 is 10.4. The van der Waals surface area contributed by atoms with Crippen LogP contribution in [0.2, 0.25) is 0 Å². The van der Waals surface area contributed by atoms with Crippen molar-refractivity contribution in [1.82, 2.24) is 0 Å². The van der Waals surface area contributed by atoms with E-state index >= 15 is 0 Å². The summed E-state index contributed by atoms with van der Waals surface area (Å²) in [4.78, 5) is 10.9. The van der Waals surface area contributed by atoms with Crippen molar-refractivity contribution in [2.45, 2.75) is 12.5 Å². The number of aliphatic hydroxyl groups is 1. The summed E-state index contributed by atoms with van der Waals surface area (Å²) in [5.74, 6) is 0.302. The molecule has 0 aromatic heterocycles. The maximum atomic E-state index is 10.9. The van der Waals surface area contributed by atoms with E-state index in [-0.39, 0.29) is 13.0 Å². The Morgan fingerprint density at radius 2 is 2.22 bits per heavy atom. The molecule has 5 nitrogen and oxygen atoms in total. The van der Waals surface area contributed by atoms with Gasteiger partial charge in [-0.05, 0) is 34.1 Å². The molecular formula is C12H16BrNO4. The Morgan fingerprint density at radius 1 is 1.50 bits per heavy atom. The van der Waals surface area contributed by atoms with Gasteiger partial charge in [0, 0.05) is 12.2 Å². The second-order valence-electron chi connectivity index (χ2n) is 3.66. The van der Waals surface area contributed by atoms with E-state index in [1.54, 1.807) is 13.2 Å². The lowest BCUT2D eigenvalue weighted by atomic mass is 10.2. The van der Waals surface area contributed by atoms with Crippen molar-refractivity contribution in [2.75, 3.05) is 26.1 Å². The Kier molecular flexibility index (Phi) is 5.94. The van der Waals surface area contributed by atoms with Crippen LogP contribution in [0.1, 0.15) is 6.42 Å². The first-order valence-electron chi connectivity index (χ1n) is 5.39. The minimum absolute atomic E-state index is 0.0270. The third-order valence-corrected chi connectivity index (χ3v) is 2.94. The van der Waals surface area contributed by atoms with Gasteiger partial charge in [0.15, 0.2) is 0 Å². The molecular weight excluding hydrogens is 302 g/mol. The van der Waals surface area contributed by atoms with E-state index in [0.29, 0.717) is 0 Å². The second-order valence-corrected chi connectivity index (χ2v) is 4.52. The number of nitrogens with one attached hydrogen (secondary N) is 1. The van der Waals surface area contributed by atoms with Gasteiger partial charge < -0.3 is 19.9 Å². The third kappa shape index (κ3) is 4.54. The number of halogens is 1. The number of aliphatic hydroxyl groups excluding tert-OH is 1. The molecule has 0 aliphatic carbocycles. The predicted molar refractivity (Wildman–Crippen MR) is 71.8 cm³/mol. The summed E-state index contributed by atoms with van der Waals surface area (Å²) >= 11 is 3.36. The van der Waals surface area contributed by atoms with Gasteiger partial charge in [-0.25, -0.2) is 0 Å².